The quantitative estimate of drug-likeness (QED) is 0.532. The summed E-state index contributed by atoms with van der Waals surface area (Å²) >= 11 is 0. The summed E-state index contributed by atoms with van der Waals surface area (Å²) < 4.78 is 0. The van der Waals surface area contributed by atoms with E-state index in [4.69, 9.17) is 0 Å². The zero-order valence-corrected chi connectivity index (χ0v) is 17.4. The summed E-state index contributed by atoms with van der Waals surface area (Å²) in [4.78, 5) is 15.3. The summed E-state index contributed by atoms with van der Waals surface area (Å²) in [5.74, 6) is 0.0128. The zero-order valence-electron chi connectivity index (χ0n) is 17.4. The summed E-state index contributed by atoms with van der Waals surface area (Å²) in [5.41, 5.74) is 6.68. The lowest BCUT2D eigenvalue weighted by Crippen LogP contribution is -2.52. The predicted molar refractivity (Wildman–Crippen MR) is 121 cm³/mol. The lowest BCUT2D eigenvalue weighted by molar-refractivity contribution is -0.116. The van der Waals surface area contributed by atoms with Gasteiger partial charge in [-0.2, -0.15) is 0 Å². The van der Waals surface area contributed by atoms with Gasteiger partial charge >= 0.3 is 0 Å². The number of nitrogens with one attached hydrogen (secondary N) is 5. The molecule has 2 aromatic rings. The van der Waals surface area contributed by atoms with Crippen molar-refractivity contribution in [2.45, 2.75) is 32.1 Å². The van der Waals surface area contributed by atoms with Gasteiger partial charge in [-0.3, -0.25) is 15.0 Å². The minimum absolute atomic E-state index is 0.0128. The van der Waals surface area contributed by atoms with Crippen LogP contribution in [0.2, 0.25) is 0 Å². The van der Waals surface area contributed by atoms with Gasteiger partial charge in [0.05, 0.1) is 6.17 Å². The fourth-order valence-corrected chi connectivity index (χ4v) is 4.63. The number of piperazine rings is 1. The first-order valence-electron chi connectivity index (χ1n) is 10.9. The van der Waals surface area contributed by atoms with Gasteiger partial charge in [0.1, 0.15) is 6.04 Å². The van der Waals surface area contributed by atoms with E-state index in [-0.39, 0.29) is 18.1 Å². The number of anilines is 3. The highest BCUT2D eigenvalue weighted by molar-refractivity contribution is 5.98. The molecule has 1 amide bonds. The van der Waals surface area contributed by atoms with Crippen LogP contribution in [-0.2, 0) is 17.8 Å². The van der Waals surface area contributed by atoms with Crippen LogP contribution in [0.1, 0.15) is 16.7 Å². The van der Waals surface area contributed by atoms with Crippen LogP contribution in [0.25, 0.3) is 0 Å². The van der Waals surface area contributed by atoms with Crippen LogP contribution < -0.4 is 26.6 Å². The van der Waals surface area contributed by atoms with Crippen molar-refractivity contribution in [3.05, 3.63) is 53.1 Å². The van der Waals surface area contributed by atoms with Crippen molar-refractivity contribution < 1.29 is 4.79 Å². The van der Waals surface area contributed by atoms with E-state index in [1.54, 1.807) is 0 Å². The lowest BCUT2D eigenvalue weighted by atomic mass is 10.1. The standard InChI is InChI=1S/C23H30N6O/c1-15-3-2-4-16-12-20(28-22(15)16)23(30)26-18-5-6-19-17(11-18)13-25-21(27-19)14-29-9-7-24-8-10-29/h2-6,11,20-21,24-25,27-28H,7-10,12-14H2,1H3,(H,26,30). The molecule has 0 bridgehead atoms. The highest BCUT2D eigenvalue weighted by Gasteiger charge is 2.28. The van der Waals surface area contributed by atoms with Crippen LogP contribution in [0.5, 0.6) is 0 Å². The molecule has 7 nitrogen and oxygen atoms in total. The molecule has 1 saturated heterocycles. The summed E-state index contributed by atoms with van der Waals surface area (Å²) in [5, 5.41) is 17.1. The Morgan fingerprint density at radius 2 is 2.00 bits per heavy atom. The second-order valence-electron chi connectivity index (χ2n) is 8.50. The third kappa shape index (κ3) is 4.01. The first-order valence-corrected chi connectivity index (χ1v) is 10.9. The Labute approximate surface area is 177 Å². The van der Waals surface area contributed by atoms with Crippen molar-refractivity contribution in [2.24, 2.45) is 0 Å². The number of amides is 1. The van der Waals surface area contributed by atoms with E-state index in [0.717, 1.165) is 62.8 Å². The third-order valence-corrected chi connectivity index (χ3v) is 6.31. The van der Waals surface area contributed by atoms with Crippen LogP contribution in [0, 0.1) is 6.92 Å². The number of fused-ring (bicyclic) bond motifs is 2. The summed E-state index contributed by atoms with van der Waals surface area (Å²) in [7, 11) is 0. The fraction of sp³-hybridized carbons (Fsp3) is 0.435. The van der Waals surface area contributed by atoms with Crippen molar-refractivity contribution in [3.8, 4) is 0 Å². The van der Waals surface area contributed by atoms with Gasteiger partial charge < -0.3 is 21.3 Å². The molecule has 5 rings (SSSR count). The summed E-state index contributed by atoms with van der Waals surface area (Å²) in [6.07, 6.45) is 0.977. The van der Waals surface area contributed by atoms with Gasteiger partial charge in [0, 0.05) is 62.8 Å². The molecule has 7 heteroatoms. The largest absolute Gasteiger partial charge is 0.373 e. The Morgan fingerprint density at radius 1 is 1.13 bits per heavy atom. The molecule has 0 aliphatic carbocycles. The lowest BCUT2D eigenvalue weighted by Gasteiger charge is -2.35. The molecule has 0 radical (unpaired) electrons. The molecule has 0 spiro atoms. The number of rotatable bonds is 4. The Morgan fingerprint density at radius 3 is 2.83 bits per heavy atom. The maximum atomic E-state index is 12.8. The second kappa shape index (κ2) is 8.26. The zero-order chi connectivity index (χ0) is 20.5. The number of para-hydroxylation sites is 1. The van der Waals surface area contributed by atoms with E-state index in [0.29, 0.717) is 0 Å². The molecule has 2 atom stereocenters. The number of aryl methyl sites for hydroxylation is 1. The summed E-state index contributed by atoms with van der Waals surface area (Å²) in [6.45, 7) is 8.18. The van der Waals surface area contributed by atoms with Crippen LogP contribution in [-0.4, -0.2) is 55.7 Å². The first-order chi connectivity index (χ1) is 14.7. The van der Waals surface area contributed by atoms with Gasteiger partial charge in [-0.1, -0.05) is 18.2 Å². The van der Waals surface area contributed by atoms with E-state index in [1.165, 1.54) is 16.7 Å². The number of nitrogens with zero attached hydrogens (tertiary/aromatic N) is 1. The highest BCUT2D eigenvalue weighted by Crippen LogP contribution is 2.30. The van der Waals surface area contributed by atoms with E-state index >= 15 is 0 Å². The maximum absolute atomic E-state index is 12.8. The van der Waals surface area contributed by atoms with E-state index in [1.807, 2.05) is 6.07 Å². The first kappa shape index (κ1) is 19.4. The monoisotopic (exact) mass is 406 g/mol. The van der Waals surface area contributed by atoms with Crippen LogP contribution in [0.15, 0.2) is 36.4 Å². The van der Waals surface area contributed by atoms with Crippen molar-refractivity contribution >= 4 is 23.0 Å². The second-order valence-corrected chi connectivity index (χ2v) is 8.50. The SMILES string of the molecule is Cc1cccc2c1NC(C(=O)Nc1ccc3c(c1)CNC(CN1CCNCC1)N3)C2. The average Bonchev–Trinajstić information content (AvgIpc) is 3.21. The van der Waals surface area contributed by atoms with Crippen LogP contribution >= 0.6 is 0 Å². The highest BCUT2D eigenvalue weighted by atomic mass is 16.2. The molecule has 3 heterocycles. The number of carbonyl (C=O) groups excluding carboxylic acids is 1. The van der Waals surface area contributed by atoms with Gasteiger partial charge in [0.2, 0.25) is 5.91 Å². The molecule has 3 aliphatic rings. The van der Waals surface area contributed by atoms with E-state index < -0.39 is 0 Å². The number of hydrogen-bond acceptors (Lipinski definition) is 6. The molecule has 2 unspecified atom stereocenters. The molecular formula is C23H30N6O. The van der Waals surface area contributed by atoms with Crippen molar-refractivity contribution in [2.75, 3.05) is 48.7 Å². The van der Waals surface area contributed by atoms with Crippen LogP contribution in [0.3, 0.4) is 0 Å². The minimum Gasteiger partial charge on any atom is -0.373 e. The van der Waals surface area contributed by atoms with Gasteiger partial charge in [0.15, 0.2) is 0 Å². The molecule has 1 fully saturated rings. The van der Waals surface area contributed by atoms with Gasteiger partial charge in [-0.25, -0.2) is 0 Å². The number of hydrogen-bond donors (Lipinski definition) is 5. The molecule has 0 aromatic heterocycles. The Bertz CT molecular complexity index is 939. The minimum atomic E-state index is -0.225. The average molecular weight is 407 g/mol. The smallest absolute Gasteiger partial charge is 0.247 e. The molecule has 0 saturated carbocycles. The molecule has 158 valence electrons. The Hall–Kier alpha value is -2.61. The van der Waals surface area contributed by atoms with Crippen molar-refractivity contribution in [1.82, 2.24) is 15.5 Å². The van der Waals surface area contributed by atoms with Gasteiger partial charge in [-0.05, 0) is 41.8 Å². The topological polar surface area (TPSA) is 80.5 Å². The molecule has 2 aromatic carbocycles. The Kier molecular flexibility index (Phi) is 5.33. The van der Waals surface area contributed by atoms with Gasteiger partial charge in [0.25, 0.3) is 0 Å². The van der Waals surface area contributed by atoms with Crippen LogP contribution in [0.4, 0.5) is 17.1 Å². The number of benzene rings is 2. The van der Waals surface area contributed by atoms with E-state index in [2.05, 4.69) is 68.7 Å². The summed E-state index contributed by atoms with van der Waals surface area (Å²) in [6, 6.07) is 12.1. The third-order valence-electron chi connectivity index (χ3n) is 6.31. The predicted octanol–water partition coefficient (Wildman–Crippen LogP) is 1.72. The molecule has 3 aliphatic heterocycles. The van der Waals surface area contributed by atoms with Crippen molar-refractivity contribution in [1.29, 1.82) is 0 Å². The van der Waals surface area contributed by atoms with Crippen molar-refractivity contribution in [3.63, 3.8) is 0 Å². The fourth-order valence-electron chi connectivity index (χ4n) is 4.63. The molecular weight excluding hydrogens is 376 g/mol. The normalized spacial score (nSPS) is 23.1. The van der Waals surface area contributed by atoms with E-state index in [9.17, 15) is 4.79 Å². The number of carbonyl (C=O) groups is 1. The van der Waals surface area contributed by atoms with Gasteiger partial charge in [-0.15, -0.1) is 0 Å². The molecule has 5 N–H and O–H groups in total. The maximum Gasteiger partial charge on any atom is 0.247 e. The Balaban J connectivity index is 1.19. The molecule has 30 heavy (non-hydrogen) atoms.